The van der Waals surface area contributed by atoms with E-state index >= 15 is 0 Å². The summed E-state index contributed by atoms with van der Waals surface area (Å²) in [7, 11) is 0. The number of hydrogen-bond acceptors (Lipinski definition) is 4. The summed E-state index contributed by atoms with van der Waals surface area (Å²) in [5.41, 5.74) is 5.32. The normalized spacial score (nSPS) is 13.7. The van der Waals surface area contributed by atoms with Gasteiger partial charge in [0.15, 0.2) is 5.82 Å². The van der Waals surface area contributed by atoms with Gasteiger partial charge in [-0.2, -0.15) is 5.10 Å². The summed E-state index contributed by atoms with van der Waals surface area (Å²) in [4.78, 5) is 4.81. The average Bonchev–Trinajstić information content (AvgIpc) is 3.08. The molecule has 1 aliphatic rings. The number of aromatic nitrogens is 3. The molecule has 2 aromatic carbocycles. The van der Waals surface area contributed by atoms with Crippen molar-refractivity contribution in [3.63, 3.8) is 0 Å². The lowest BCUT2D eigenvalue weighted by Gasteiger charge is -2.15. The number of hydrogen-bond donors (Lipinski definition) is 2. The summed E-state index contributed by atoms with van der Waals surface area (Å²) in [6.07, 6.45) is 0.912. The minimum absolute atomic E-state index is 0.261. The van der Waals surface area contributed by atoms with E-state index in [2.05, 4.69) is 17.4 Å². The molecule has 0 unspecified atom stereocenters. The molecule has 1 aliphatic heterocycles. The van der Waals surface area contributed by atoms with Crippen LogP contribution in [0.25, 0.3) is 28.0 Å². The van der Waals surface area contributed by atoms with Crippen molar-refractivity contribution in [3.05, 3.63) is 71.9 Å². The first-order chi connectivity index (χ1) is 12.8. The minimum Gasteiger partial charge on any atom is -0.508 e. The Bertz CT molecular complexity index is 1100. The van der Waals surface area contributed by atoms with Crippen LogP contribution in [0.5, 0.6) is 5.75 Å². The largest absolute Gasteiger partial charge is 0.508 e. The van der Waals surface area contributed by atoms with E-state index in [1.807, 2.05) is 41.1 Å². The van der Waals surface area contributed by atoms with Crippen LogP contribution in [0.2, 0.25) is 0 Å². The summed E-state index contributed by atoms with van der Waals surface area (Å²) in [5, 5.41) is 19.0. The molecule has 4 aromatic rings. The van der Waals surface area contributed by atoms with Gasteiger partial charge >= 0.3 is 0 Å². The van der Waals surface area contributed by atoms with Crippen molar-refractivity contribution in [2.75, 3.05) is 6.54 Å². The molecule has 3 heterocycles. The molecule has 0 spiro atoms. The molecule has 5 heteroatoms. The van der Waals surface area contributed by atoms with Gasteiger partial charge in [0.05, 0.1) is 16.9 Å². The number of phenolic OH excluding ortho intramolecular Hbond substituents is 1. The maximum Gasteiger partial charge on any atom is 0.154 e. The monoisotopic (exact) mass is 342 g/mol. The molecule has 0 fully saturated rings. The third-order valence-electron chi connectivity index (χ3n) is 4.87. The number of phenols is 1. The van der Waals surface area contributed by atoms with Crippen molar-refractivity contribution in [2.45, 2.75) is 13.0 Å². The Morgan fingerprint density at radius 2 is 1.81 bits per heavy atom. The number of nitrogens with zero attached hydrogens (tertiary/aromatic N) is 3. The van der Waals surface area contributed by atoms with E-state index in [0.29, 0.717) is 0 Å². The Morgan fingerprint density at radius 3 is 2.69 bits per heavy atom. The molecule has 0 atom stereocenters. The van der Waals surface area contributed by atoms with E-state index in [4.69, 9.17) is 10.1 Å². The van der Waals surface area contributed by atoms with Gasteiger partial charge < -0.3 is 10.4 Å². The molecule has 0 amide bonds. The van der Waals surface area contributed by atoms with Gasteiger partial charge in [-0.1, -0.05) is 18.2 Å². The topological polar surface area (TPSA) is 63.0 Å². The number of rotatable bonds is 2. The van der Waals surface area contributed by atoms with Crippen molar-refractivity contribution in [3.8, 4) is 22.8 Å². The van der Waals surface area contributed by atoms with Crippen molar-refractivity contribution < 1.29 is 5.11 Å². The zero-order valence-corrected chi connectivity index (χ0v) is 14.2. The zero-order valence-electron chi connectivity index (χ0n) is 14.2. The van der Waals surface area contributed by atoms with Crippen LogP contribution in [0.4, 0.5) is 0 Å². The highest BCUT2D eigenvalue weighted by molar-refractivity contribution is 5.79. The van der Waals surface area contributed by atoms with E-state index < -0.39 is 0 Å². The number of aromatic hydroxyl groups is 1. The highest BCUT2D eigenvalue weighted by Crippen LogP contribution is 2.30. The molecule has 5 nitrogen and oxygen atoms in total. The Morgan fingerprint density at radius 1 is 0.962 bits per heavy atom. The molecule has 2 aromatic heterocycles. The number of para-hydroxylation sites is 1. The first-order valence-corrected chi connectivity index (χ1v) is 8.77. The Labute approximate surface area is 150 Å². The fourth-order valence-corrected chi connectivity index (χ4v) is 3.56. The number of pyridine rings is 1. The predicted octanol–water partition coefficient (Wildman–Crippen LogP) is 3.44. The van der Waals surface area contributed by atoms with Gasteiger partial charge in [0.1, 0.15) is 5.75 Å². The minimum atomic E-state index is 0.261. The summed E-state index contributed by atoms with van der Waals surface area (Å²) < 4.78 is 1.98. The highest BCUT2D eigenvalue weighted by Gasteiger charge is 2.23. The van der Waals surface area contributed by atoms with E-state index in [9.17, 15) is 5.11 Å². The van der Waals surface area contributed by atoms with E-state index in [1.165, 1.54) is 11.3 Å². The SMILES string of the molecule is Oc1ccc(-c2nn(-c3ccc4ccccc4n3)c3c2CNCC3)cc1. The summed E-state index contributed by atoms with van der Waals surface area (Å²) >= 11 is 0. The Kier molecular flexibility index (Phi) is 3.47. The molecule has 0 radical (unpaired) electrons. The molecule has 2 N–H and O–H groups in total. The number of fused-ring (bicyclic) bond motifs is 2. The Balaban J connectivity index is 1.69. The molecule has 26 heavy (non-hydrogen) atoms. The first-order valence-electron chi connectivity index (χ1n) is 8.77. The third kappa shape index (κ3) is 2.45. The van der Waals surface area contributed by atoms with Crippen LogP contribution in [0, 0.1) is 0 Å². The van der Waals surface area contributed by atoms with Gasteiger partial charge in [0, 0.05) is 36.0 Å². The van der Waals surface area contributed by atoms with Gasteiger partial charge in [-0.05, 0) is 42.5 Å². The van der Waals surface area contributed by atoms with Crippen LogP contribution >= 0.6 is 0 Å². The van der Waals surface area contributed by atoms with Crippen LogP contribution in [-0.4, -0.2) is 26.4 Å². The van der Waals surface area contributed by atoms with E-state index in [1.54, 1.807) is 12.1 Å². The molecule has 128 valence electrons. The molecular formula is C21H18N4O. The first kappa shape index (κ1) is 15.1. The maximum absolute atomic E-state index is 9.58. The van der Waals surface area contributed by atoms with Crippen molar-refractivity contribution in [1.82, 2.24) is 20.1 Å². The van der Waals surface area contributed by atoms with Gasteiger partial charge in [-0.3, -0.25) is 0 Å². The van der Waals surface area contributed by atoms with Gasteiger partial charge in [-0.25, -0.2) is 9.67 Å². The average molecular weight is 342 g/mol. The summed E-state index contributed by atoms with van der Waals surface area (Å²) in [5.74, 6) is 1.10. The lowest BCUT2D eigenvalue weighted by atomic mass is 10.0. The molecular weight excluding hydrogens is 324 g/mol. The Hall–Kier alpha value is -3.18. The highest BCUT2D eigenvalue weighted by atomic mass is 16.3. The second-order valence-corrected chi connectivity index (χ2v) is 6.52. The second-order valence-electron chi connectivity index (χ2n) is 6.52. The van der Waals surface area contributed by atoms with Crippen molar-refractivity contribution in [2.24, 2.45) is 0 Å². The van der Waals surface area contributed by atoms with Gasteiger partial charge in [0.25, 0.3) is 0 Å². The molecule has 0 aliphatic carbocycles. The van der Waals surface area contributed by atoms with Crippen LogP contribution in [0.1, 0.15) is 11.3 Å². The van der Waals surface area contributed by atoms with Crippen molar-refractivity contribution in [1.29, 1.82) is 0 Å². The fourth-order valence-electron chi connectivity index (χ4n) is 3.56. The smallest absolute Gasteiger partial charge is 0.154 e. The maximum atomic E-state index is 9.58. The molecule has 0 saturated carbocycles. The molecule has 5 rings (SSSR count). The van der Waals surface area contributed by atoms with E-state index in [0.717, 1.165) is 47.5 Å². The second kappa shape index (κ2) is 5.97. The molecule has 0 saturated heterocycles. The zero-order chi connectivity index (χ0) is 17.5. The predicted molar refractivity (Wildman–Crippen MR) is 101 cm³/mol. The van der Waals surface area contributed by atoms with Crippen molar-refractivity contribution >= 4 is 10.9 Å². The van der Waals surface area contributed by atoms with Crippen LogP contribution < -0.4 is 5.32 Å². The number of nitrogens with one attached hydrogen (secondary N) is 1. The fraction of sp³-hybridized carbons (Fsp3) is 0.143. The number of benzene rings is 2. The summed E-state index contributed by atoms with van der Waals surface area (Å²) in [6.45, 7) is 1.72. The van der Waals surface area contributed by atoms with Gasteiger partial charge in [0.2, 0.25) is 0 Å². The van der Waals surface area contributed by atoms with Gasteiger partial charge in [-0.15, -0.1) is 0 Å². The van der Waals surface area contributed by atoms with E-state index in [-0.39, 0.29) is 5.75 Å². The van der Waals surface area contributed by atoms with Crippen LogP contribution in [0.15, 0.2) is 60.7 Å². The third-order valence-corrected chi connectivity index (χ3v) is 4.87. The standard InChI is InChI=1S/C21H18N4O/c26-16-8-5-15(6-9-16)21-17-13-22-12-11-19(17)25(24-21)20-10-7-14-3-1-2-4-18(14)23-20/h1-10,22,26H,11-13H2. The van der Waals surface area contributed by atoms with Crippen LogP contribution in [0.3, 0.4) is 0 Å². The quantitative estimate of drug-likeness (QED) is 0.586. The lowest BCUT2D eigenvalue weighted by Crippen LogP contribution is -2.24. The summed E-state index contributed by atoms with van der Waals surface area (Å²) in [6, 6.07) is 19.4. The van der Waals surface area contributed by atoms with Crippen LogP contribution in [-0.2, 0) is 13.0 Å². The lowest BCUT2D eigenvalue weighted by molar-refractivity contribution is 0.475. The molecule has 0 bridgehead atoms.